The molecule has 0 unspecified atom stereocenters. The van der Waals surface area contributed by atoms with Crippen LogP contribution in [0.5, 0.6) is 0 Å². The van der Waals surface area contributed by atoms with Crippen LogP contribution in [0.15, 0.2) is 36.4 Å². The van der Waals surface area contributed by atoms with Gasteiger partial charge in [0.1, 0.15) is 6.04 Å². The highest BCUT2D eigenvalue weighted by atomic mass is 35.5. The van der Waals surface area contributed by atoms with Crippen LogP contribution < -0.4 is 9.62 Å². The van der Waals surface area contributed by atoms with Crippen molar-refractivity contribution in [3.63, 3.8) is 0 Å². The third-order valence-corrected chi connectivity index (χ3v) is 7.82. The minimum Gasteiger partial charge on any atom is -0.354 e. The molecule has 0 spiro atoms. The molecular formula is C25H32Cl3N3O4S. The maximum Gasteiger partial charge on any atom is 0.242 e. The second-order valence-electron chi connectivity index (χ2n) is 8.56. The van der Waals surface area contributed by atoms with Gasteiger partial charge in [0, 0.05) is 46.7 Å². The van der Waals surface area contributed by atoms with E-state index in [0.717, 1.165) is 18.2 Å². The number of nitrogens with one attached hydrogen (secondary N) is 1. The van der Waals surface area contributed by atoms with Crippen molar-refractivity contribution in [1.29, 1.82) is 0 Å². The van der Waals surface area contributed by atoms with Gasteiger partial charge in [-0.05, 0) is 56.5 Å². The van der Waals surface area contributed by atoms with Gasteiger partial charge in [0.05, 0.1) is 11.9 Å². The van der Waals surface area contributed by atoms with Crippen molar-refractivity contribution in [2.75, 3.05) is 23.7 Å². The third-order valence-electron chi connectivity index (χ3n) is 5.70. The zero-order valence-electron chi connectivity index (χ0n) is 20.9. The number of hydrogen-bond acceptors (Lipinski definition) is 4. The van der Waals surface area contributed by atoms with E-state index < -0.39 is 16.1 Å². The molecule has 0 aliphatic carbocycles. The Morgan fingerprint density at radius 1 is 1.08 bits per heavy atom. The molecule has 2 rings (SSSR count). The topological polar surface area (TPSA) is 86.8 Å². The Morgan fingerprint density at radius 3 is 2.31 bits per heavy atom. The van der Waals surface area contributed by atoms with Crippen LogP contribution in [0.4, 0.5) is 5.69 Å². The Balaban J connectivity index is 2.24. The highest BCUT2D eigenvalue weighted by Crippen LogP contribution is 2.28. The lowest BCUT2D eigenvalue weighted by atomic mass is 10.1. The Labute approximate surface area is 228 Å². The van der Waals surface area contributed by atoms with E-state index in [1.165, 1.54) is 9.21 Å². The fourth-order valence-electron chi connectivity index (χ4n) is 3.67. The number of carbonyl (C=O) groups is 2. The molecule has 0 fully saturated rings. The fraction of sp³-hybridized carbons (Fsp3) is 0.440. The van der Waals surface area contributed by atoms with Gasteiger partial charge in [-0.25, -0.2) is 8.42 Å². The summed E-state index contributed by atoms with van der Waals surface area (Å²) < 4.78 is 26.3. The van der Waals surface area contributed by atoms with Gasteiger partial charge < -0.3 is 10.2 Å². The lowest BCUT2D eigenvalue weighted by molar-refractivity contribution is -0.140. The molecule has 0 heterocycles. The molecule has 36 heavy (non-hydrogen) atoms. The maximum absolute atomic E-state index is 13.3. The lowest BCUT2D eigenvalue weighted by Crippen LogP contribution is -2.48. The minimum absolute atomic E-state index is 0.0130. The van der Waals surface area contributed by atoms with Crippen LogP contribution in [0.1, 0.15) is 44.2 Å². The van der Waals surface area contributed by atoms with Gasteiger partial charge in [-0.3, -0.25) is 13.9 Å². The molecule has 0 bridgehead atoms. The van der Waals surface area contributed by atoms with Crippen LogP contribution in [0.3, 0.4) is 0 Å². The van der Waals surface area contributed by atoms with Crippen LogP contribution in [-0.4, -0.2) is 50.5 Å². The number of aryl methyl sites for hydroxylation is 1. The molecule has 0 radical (unpaired) electrons. The van der Waals surface area contributed by atoms with E-state index in [0.29, 0.717) is 32.9 Å². The second kappa shape index (κ2) is 13.5. The summed E-state index contributed by atoms with van der Waals surface area (Å²) in [4.78, 5) is 27.5. The monoisotopic (exact) mass is 575 g/mol. The molecule has 11 heteroatoms. The third kappa shape index (κ3) is 8.26. The first-order valence-electron chi connectivity index (χ1n) is 11.6. The van der Waals surface area contributed by atoms with E-state index in [-0.39, 0.29) is 37.7 Å². The van der Waals surface area contributed by atoms with Crippen molar-refractivity contribution in [1.82, 2.24) is 10.2 Å². The van der Waals surface area contributed by atoms with Crippen LogP contribution in [0.2, 0.25) is 15.1 Å². The van der Waals surface area contributed by atoms with Crippen molar-refractivity contribution >= 4 is 62.3 Å². The van der Waals surface area contributed by atoms with Gasteiger partial charge in [-0.1, -0.05) is 53.9 Å². The van der Waals surface area contributed by atoms with Crippen molar-refractivity contribution in [2.45, 2.75) is 52.6 Å². The van der Waals surface area contributed by atoms with E-state index in [1.54, 1.807) is 50.2 Å². The summed E-state index contributed by atoms with van der Waals surface area (Å²) in [5, 5.41) is 4.00. The number of hydrogen-bond donors (Lipinski definition) is 1. The second-order valence-corrected chi connectivity index (χ2v) is 11.7. The van der Waals surface area contributed by atoms with Crippen LogP contribution in [-0.2, 0) is 26.2 Å². The summed E-state index contributed by atoms with van der Waals surface area (Å²) in [5.41, 5.74) is 1.74. The van der Waals surface area contributed by atoms with Gasteiger partial charge >= 0.3 is 0 Å². The SMILES string of the molecule is CCCNC(=O)[C@H](C)N(Cc1c(Cl)cccc1Cl)C(=O)CCCN(c1cc(Cl)ccc1C)S(C)(=O)=O. The summed E-state index contributed by atoms with van der Waals surface area (Å²) in [6.07, 6.45) is 2.11. The molecule has 0 aromatic heterocycles. The molecule has 0 saturated heterocycles. The molecule has 0 aliphatic rings. The van der Waals surface area contributed by atoms with Crippen molar-refractivity contribution < 1.29 is 18.0 Å². The number of halogens is 3. The summed E-state index contributed by atoms with van der Waals surface area (Å²) >= 11 is 18.8. The number of benzene rings is 2. The largest absolute Gasteiger partial charge is 0.354 e. The Morgan fingerprint density at radius 2 is 1.72 bits per heavy atom. The lowest BCUT2D eigenvalue weighted by Gasteiger charge is -2.30. The number of sulfonamides is 1. The summed E-state index contributed by atoms with van der Waals surface area (Å²) in [5.74, 6) is -0.609. The van der Waals surface area contributed by atoms with Gasteiger partial charge in [0.25, 0.3) is 0 Å². The number of rotatable bonds is 12. The Hall–Kier alpha value is -2.00. The average Bonchev–Trinajstić information content (AvgIpc) is 2.80. The normalized spacial score (nSPS) is 12.2. The first-order chi connectivity index (χ1) is 16.9. The number of amides is 2. The molecule has 7 nitrogen and oxygen atoms in total. The predicted molar refractivity (Wildman–Crippen MR) is 147 cm³/mol. The Bertz CT molecular complexity index is 1170. The average molecular weight is 577 g/mol. The van der Waals surface area contributed by atoms with Gasteiger partial charge in [0.15, 0.2) is 0 Å². The van der Waals surface area contributed by atoms with Crippen LogP contribution >= 0.6 is 34.8 Å². The number of anilines is 1. The molecule has 2 amide bonds. The van der Waals surface area contributed by atoms with Crippen LogP contribution in [0.25, 0.3) is 0 Å². The first-order valence-corrected chi connectivity index (χ1v) is 14.6. The number of carbonyl (C=O) groups excluding carboxylic acids is 2. The summed E-state index contributed by atoms with van der Waals surface area (Å²) in [7, 11) is -3.62. The highest BCUT2D eigenvalue weighted by molar-refractivity contribution is 7.92. The Kier molecular flexibility index (Phi) is 11.3. The van der Waals surface area contributed by atoms with E-state index >= 15 is 0 Å². The molecular weight excluding hydrogens is 545 g/mol. The minimum atomic E-state index is -3.62. The smallest absolute Gasteiger partial charge is 0.242 e. The van der Waals surface area contributed by atoms with Crippen molar-refractivity contribution in [3.8, 4) is 0 Å². The molecule has 2 aromatic carbocycles. The zero-order valence-corrected chi connectivity index (χ0v) is 23.9. The van der Waals surface area contributed by atoms with Crippen molar-refractivity contribution in [3.05, 3.63) is 62.6 Å². The van der Waals surface area contributed by atoms with E-state index in [4.69, 9.17) is 34.8 Å². The van der Waals surface area contributed by atoms with Crippen molar-refractivity contribution in [2.24, 2.45) is 0 Å². The van der Waals surface area contributed by atoms with E-state index in [2.05, 4.69) is 5.32 Å². The summed E-state index contributed by atoms with van der Waals surface area (Å²) in [6, 6.07) is 9.29. The van der Waals surface area contributed by atoms with E-state index in [1.807, 2.05) is 6.92 Å². The van der Waals surface area contributed by atoms with Gasteiger partial charge in [-0.15, -0.1) is 0 Å². The molecule has 1 atom stereocenters. The highest BCUT2D eigenvalue weighted by Gasteiger charge is 2.28. The quantitative estimate of drug-likeness (QED) is 0.364. The molecule has 0 aliphatic heterocycles. The maximum atomic E-state index is 13.3. The number of nitrogens with zero attached hydrogens (tertiary/aromatic N) is 2. The molecule has 0 saturated carbocycles. The molecule has 2 aromatic rings. The first kappa shape index (κ1) is 30.2. The standard InChI is InChI=1S/C25H32Cl3N3O4S/c1-5-13-29-25(33)18(3)30(16-20-21(27)8-6-9-22(20)28)24(32)10-7-14-31(36(4,34)35)23-15-19(26)12-11-17(23)2/h6,8-9,11-12,15,18H,5,7,10,13-14,16H2,1-4H3,(H,29,33)/t18-/m0/s1. The van der Waals surface area contributed by atoms with Gasteiger partial charge in [-0.2, -0.15) is 0 Å². The predicted octanol–water partition coefficient (Wildman–Crippen LogP) is 5.44. The van der Waals surface area contributed by atoms with E-state index in [9.17, 15) is 18.0 Å². The molecule has 1 N–H and O–H groups in total. The molecule has 198 valence electrons. The fourth-order valence-corrected chi connectivity index (χ4v) is 5.36. The van der Waals surface area contributed by atoms with Crippen LogP contribution in [0, 0.1) is 6.92 Å². The zero-order chi connectivity index (χ0) is 27.0. The summed E-state index contributed by atoms with van der Waals surface area (Å²) in [6.45, 7) is 5.98. The van der Waals surface area contributed by atoms with Gasteiger partial charge in [0.2, 0.25) is 21.8 Å².